The first kappa shape index (κ1) is 19.3. The Morgan fingerprint density at radius 2 is 1.00 bits per heavy atom. The molecule has 5 heteroatoms. The van der Waals surface area contributed by atoms with Crippen LogP contribution in [-0.2, 0) is 12.8 Å². The molecule has 2 rings (SSSR count). The fourth-order valence-electron chi connectivity index (χ4n) is 2.55. The number of ether oxygens (including phenoxy) is 4. The van der Waals surface area contributed by atoms with E-state index in [1.54, 1.807) is 28.4 Å². The van der Waals surface area contributed by atoms with Gasteiger partial charge in [-0.3, -0.25) is 0 Å². The van der Waals surface area contributed by atoms with Crippen molar-refractivity contribution in [2.24, 2.45) is 0 Å². The number of methoxy groups -OCH3 is 4. The molecule has 0 amide bonds. The predicted molar refractivity (Wildman–Crippen MR) is 104 cm³/mol. The highest BCUT2D eigenvalue weighted by Gasteiger charge is 2.06. The SMILES string of the molecule is COc1ccc(CCSCCc2ccc(OC)c(OC)c2)cc1OC. The fraction of sp³-hybridized carbons (Fsp3) is 0.400. The molecule has 0 atom stereocenters. The first-order valence-corrected chi connectivity index (χ1v) is 9.36. The molecule has 0 saturated heterocycles. The van der Waals surface area contributed by atoms with Gasteiger partial charge in [-0.2, -0.15) is 11.8 Å². The number of hydrogen-bond donors (Lipinski definition) is 0. The van der Waals surface area contributed by atoms with Gasteiger partial charge in [-0.05, 0) is 59.7 Å². The maximum Gasteiger partial charge on any atom is 0.160 e. The van der Waals surface area contributed by atoms with Crippen molar-refractivity contribution in [3.8, 4) is 23.0 Å². The first-order valence-electron chi connectivity index (χ1n) is 8.21. The van der Waals surface area contributed by atoms with Crippen LogP contribution in [0.5, 0.6) is 23.0 Å². The lowest BCUT2D eigenvalue weighted by molar-refractivity contribution is 0.354. The van der Waals surface area contributed by atoms with E-state index in [0.717, 1.165) is 47.3 Å². The average molecular weight is 362 g/mol. The van der Waals surface area contributed by atoms with Crippen LogP contribution in [-0.4, -0.2) is 39.9 Å². The number of hydrogen-bond acceptors (Lipinski definition) is 5. The van der Waals surface area contributed by atoms with E-state index >= 15 is 0 Å². The molecular weight excluding hydrogens is 336 g/mol. The Labute approximate surface area is 154 Å². The molecule has 136 valence electrons. The molecular formula is C20H26O4S. The summed E-state index contributed by atoms with van der Waals surface area (Å²) in [6.45, 7) is 0. The highest BCUT2D eigenvalue weighted by atomic mass is 32.2. The van der Waals surface area contributed by atoms with Gasteiger partial charge in [0.1, 0.15) is 0 Å². The molecule has 0 N–H and O–H groups in total. The van der Waals surface area contributed by atoms with Crippen LogP contribution in [0.25, 0.3) is 0 Å². The Hall–Kier alpha value is -2.01. The van der Waals surface area contributed by atoms with E-state index in [1.807, 2.05) is 36.0 Å². The number of aryl methyl sites for hydroxylation is 2. The van der Waals surface area contributed by atoms with Crippen molar-refractivity contribution in [3.63, 3.8) is 0 Å². The van der Waals surface area contributed by atoms with Gasteiger partial charge < -0.3 is 18.9 Å². The van der Waals surface area contributed by atoms with E-state index in [0.29, 0.717) is 0 Å². The van der Waals surface area contributed by atoms with Crippen LogP contribution in [0.2, 0.25) is 0 Å². The van der Waals surface area contributed by atoms with Crippen molar-refractivity contribution in [1.82, 2.24) is 0 Å². The van der Waals surface area contributed by atoms with Crippen molar-refractivity contribution >= 4 is 11.8 Å². The van der Waals surface area contributed by atoms with E-state index in [4.69, 9.17) is 18.9 Å². The summed E-state index contributed by atoms with van der Waals surface area (Å²) in [4.78, 5) is 0. The summed E-state index contributed by atoms with van der Waals surface area (Å²) in [5, 5.41) is 0. The molecule has 0 fully saturated rings. The van der Waals surface area contributed by atoms with Gasteiger partial charge >= 0.3 is 0 Å². The standard InChI is InChI=1S/C20H26O4S/c1-21-17-7-5-15(13-19(17)23-3)9-11-25-12-10-16-6-8-18(22-2)20(14-16)24-4/h5-8,13-14H,9-12H2,1-4H3. The second-order valence-corrected chi connectivity index (χ2v) is 6.72. The summed E-state index contributed by atoms with van der Waals surface area (Å²) in [6.07, 6.45) is 2.02. The van der Waals surface area contributed by atoms with Gasteiger partial charge in [-0.25, -0.2) is 0 Å². The molecule has 0 aromatic heterocycles. The smallest absolute Gasteiger partial charge is 0.160 e. The summed E-state index contributed by atoms with van der Waals surface area (Å²) in [5.41, 5.74) is 2.52. The molecule has 2 aromatic carbocycles. The van der Waals surface area contributed by atoms with Gasteiger partial charge in [-0.15, -0.1) is 0 Å². The zero-order valence-corrected chi connectivity index (χ0v) is 16.2. The minimum absolute atomic E-state index is 0.771. The lowest BCUT2D eigenvalue weighted by Gasteiger charge is -2.10. The van der Waals surface area contributed by atoms with E-state index in [2.05, 4.69) is 12.1 Å². The molecule has 0 aliphatic rings. The lowest BCUT2D eigenvalue weighted by Crippen LogP contribution is -1.96. The van der Waals surface area contributed by atoms with Crippen molar-refractivity contribution in [2.75, 3.05) is 39.9 Å². The van der Waals surface area contributed by atoms with Crippen molar-refractivity contribution in [2.45, 2.75) is 12.8 Å². The van der Waals surface area contributed by atoms with Gasteiger partial charge in [0.2, 0.25) is 0 Å². The minimum Gasteiger partial charge on any atom is -0.493 e. The predicted octanol–water partition coefficient (Wildman–Crippen LogP) is 4.24. The maximum absolute atomic E-state index is 5.35. The maximum atomic E-state index is 5.35. The topological polar surface area (TPSA) is 36.9 Å². The minimum atomic E-state index is 0.771. The molecule has 0 aliphatic heterocycles. The zero-order chi connectivity index (χ0) is 18.1. The van der Waals surface area contributed by atoms with Gasteiger partial charge in [0.05, 0.1) is 28.4 Å². The molecule has 0 heterocycles. The third kappa shape index (κ3) is 5.49. The molecule has 0 aliphatic carbocycles. The summed E-state index contributed by atoms with van der Waals surface area (Å²) >= 11 is 1.95. The Kier molecular flexibility index (Phi) is 7.79. The summed E-state index contributed by atoms with van der Waals surface area (Å²) in [7, 11) is 6.64. The highest BCUT2D eigenvalue weighted by Crippen LogP contribution is 2.29. The van der Waals surface area contributed by atoms with E-state index in [9.17, 15) is 0 Å². The highest BCUT2D eigenvalue weighted by molar-refractivity contribution is 7.99. The van der Waals surface area contributed by atoms with Crippen molar-refractivity contribution in [3.05, 3.63) is 47.5 Å². The Balaban J connectivity index is 1.78. The molecule has 0 radical (unpaired) electrons. The van der Waals surface area contributed by atoms with Crippen LogP contribution in [0.1, 0.15) is 11.1 Å². The molecule has 0 spiro atoms. The second-order valence-electron chi connectivity index (χ2n) is 5.49. The summed E-state index contributed by atoms with van der Waals surface area (Å²) in [5.74, 6) is 5.26. The number of rotatable bonds is 10. The fourth-order valence-corrected chi connectivity index (χ4v) is 3.52. The first-order chi connectivity index (χ1) is 12.2. The molecule has 0 bridgehead atoms. The van der Waals surface area contributed by atoms with Crippen molar-refractivity contribution < 1.29 is 18.9 Å². The molecule has 4 nitrogen and oxygen atoms in total. The van der Waals surface area contributed by atoms with Crippen LogP contribution in [0.4, 0.5) is 0 Å². The van der Waals surface area contributed by atoms with Crippen molar-refractivity contribution in [1.29, 1.82) is 0 Å². The Bertz CT molecular complexity index is 615. The number of thioether (sulfide) groups is 1. The van der Waals surface area contributed by atoms with Crippen LogP contribution in [0, 0.1) is 0 Å². The summed E-state index contributed by atoms with van der Waals surface area (Å²) in [6, 6.07) is 12.2. The van der Waals surface area contributed by atoms with E-state index in [1.165, 1.54) is 11.1 Å². The largest absolute Gasteiger partial charge is 0.493 e. The second kappa shape index (κ2) is 10.1. The Morgan fingerprint density at radius 3 is 1.36 bits per heavy atom. The van der Waals surface area contributed by atoms with Crippen LogP contribution < -0.4 is 18.9 Å². The monoisotopic (exact) mass is 362 g/mol. The third-order valence-corrected chi connectivity index (χ3v) is 4.95. The zero-order valence-electron chi connectivity index (χ0n) is 15.3. The Morgan fingerprint density at radius 1 is 0.600 bits per heavy atom. The van der Waals surface area contributed by atoms with Crippen LogP contribution in [0.15, 0.2) is 36.4 Å². The van der Waals surface area contributed by atoms with Gasteiger partial charge in [0.25, 0.3) is 0 Å². The molecule has 2 aromatic rings. The molecule has 0 unspecified atom stereocenters. The normalized spacial score (nSPS) is 10.4. The van der Waals surface area contributed by atoms with Gasteiger partial charge in [0.15, 0.2) is 23.0 Å². The van der Waals surface area contributed by atoms with E-state index < -0.39 is 0 Å². The van der Waals surface area contributed by atoms with Crippen LogP contribution in [0.3, 0.4) is 0 Å². The molecule has 0 saturated carbocycles. The average Bonchev–Trinajstić information content (AvgIpc) is 2.67. The van der Waals surface area contributed by atoms with Gasteiger partial charge in [0, 0.05) is 0 Å². The van der Waals surface area contributed by atoms with E-state index in [-0.39, 0.29) is 0 Å². The quantitative estimate of drug-likeness (QED) is 0.591. The molecule has 25 heavy (non-hydrogen) atoms. The number of benzene rings is 2. The third-order valence-electron chi connectivity index (χ3n) is 3.97. The van der Waals surface area contributed by atoms with Gasteiger partial charge in [-0.1, -0.05) is 12.1 Å². The summed E-state index contributed by atoms with van der Waals surface area (Å²) < 4.78 is 21.2. The van der Waals surface area contributed by atoms with Crippen LogP contribution >= 0.6 is 11.8 Å². The lowest BCUT2D eigenvalue weighted by atomic mass is 10.1.